The predicted octanol–water partition coefficient (Wildman–Crippen LogP) is 2.96. The molecule has 0 aliphatic carbocycles. The molecule has 0 amide bonds. The number of rotatable bonds is 4. The highest BCUT2D eigenvalue weighted by molar-refractivity contribution is 6.74. The summed E-state index contributed by atoms with van der Waals surface area (Å²) in [4.78, 5) is 12.6. The van der Waals surface area contributed by atoms with Gasteiger partial charge in [-0.1, -0.05) is 27.7 Å². The van der Waals surface area contributed by atoms with Crippen LogP contribution >= 0.6 is 0 Å². The van der Waals surface area contributed by atoms with Gasteiger partial charge in [0.2, 0.25) is 0 Å². The summed E-state index contributed by atoms with van der Waals surface area (Å²) in [6, 6.07) is 0. The van der Waals surface area contributed by atoms with Crippen molar-refractivity contribution in [2.75, 3.05) is 12.3 Å². The summed E-state index contributed by atoms with van der Waals surface area (Å²) in [6.45, 7) is 14.1. The van der Waals surface area contributed by atoms with Gasteiger partial charge in [-0.25, -0.2) is 15.0 Å². The Morgan fingerprint density at radius 3 is 2.62 bits per heavy atom. The van der Waals surface area contributed by atoms with E-state index in [-0.39, 0.29) is 17.4 Å². The molecule has 3 atom stereocenters. The van der Waals surface area contributed by atoms with E-state index in [4.69, 9.17) is 14.9 Å². The number of nitrogen functional groups attached to an aromatic ring is 1. The molecule has 132 valence electrons. The molecule has 2 N–H and O–H groups in total. The molecule has 1 saturated heterocycles. The molecule has 1 aliphatic rings. The van der Waals surface area contributed by atoms with Gasteiger partial charge in [-0.05, 0) is 18.1 Å². The van der Waals surface area contributed by atoms with Gasteiger partial charge in [0.15, 0.2) is 19.8 Å². The molecule has 0 bridgehead atoms. The zero-order valence-corrected chi connectivity index (χ0v) is 16.3. The van der Waals surface area contributed by atoms with E-state index in [2.05, 4.69) is 55.7 Å². The Hall–Kier alpha value is -1.51. The molecule has 0 radical (unpaired) electrons. The highest BCUT2D eigenvalue weighted by Crippen LogP contribution is 2.41. The average molecular weight is 350 g/mol. The maximum atomic E-state index is 6.28. The molecule has 2 aromatic heterocycles. The van der Waals surface area contributed by atoms with E-state index in [1.807, 2.05) is 4.57 Å². The second kappa shape index (κ2) is 5.78. The Morgan fingerprint density at radius 1 is 1.29 bits per heavy atom. The van der Waals surface area contributed by atoms with E-state index >= 15 is 0 Å². The standard InChI is InChI=1S/C16H27N5O2Si/c1-10-11(7-22-24(5,6)16(2,3)4)23-15(10)21-9-20-12-13(17)18-8-19-14(12)21/h8-11,15H,7H2,1-6H3,(H2,17,18,19)/t10-,11+,15+/m0/s1. The van der Waals surface area contributed by atoms with E-state index in [1.165, 1.54) is 6.33 Å². The number of ether oxygens (including phenoxy) is 1. The van der Waals surface area contributed by atoms with Crippen LogP contribution in [0.1, 0.15) is 33.9 Å². The molecule has 0 aromatic carbocycles. The molecule has 3 heterocycles. The molecule has 7 nitrogen and oxygen atoms in total. The van der Waals surface area contributed by atoms with Crippen LogP contribution in [-0.4, -0.2) is 40.5 Å². The van der Waals surface area contributed by atoms with E-state index in [0.29, 0.717) is 29.5 Å². The normalized spacial score (nSPS) is 25.0. The lowest BCUT2D eigenvalue weighted by molar-refractivity contribution is -0.225. The Balaban J connectivity index is 1.67. The van der Waals surface area contributed by atoms with Gasteiger partial charge < -0.3 is 14.9 Å². The van der Waals surface area contributed by atoms with Crippen LogP contribution in [0.2, 0.25) is 18.1 Å². The second-order valence-corrected chi connectivity index (χ2v) is 12.9. The molecule has 3 rings (SSSR count). The molecule has 1 fully saturated rings. The van der Waals surface area contributed by atoms with Crippen molar-refractivity contribution in [2.24, 2.45) is 5.92 Å². The fourth-order valence-electron chi connectivity index (χ4n) is 2.59. The van der Waals surface area contributed by atoms with Crippen LogP contribution in [-0.2, 0) is 9.16 Å². The van der Waals surface area contributed by atoms with E-state index in [1.54, 1.807) is 6.33 Å². The minimum absolute atomic E-state index is 0.0858. The molecule has 8 heteroatoms. The van der Waals surface area contributed by atoms with Crippen LogP contribution in [0.25, 0.3) is 11.2 Å². The zero-order chi connectivity index (χ0) is 17.7. The number of hydrogen-bond acceptors (Lipinski definition) is 6. The first kappa shape index (κ1) is 17.3. The molecule has 24 heavy (non-hydrogen) atoms. The first-order valence-electron chi connectivity index (χ1n) is 8.34. The van der Waals surface area contributed by atoms with Crippen LogP contribution in [0.5, 0.6) is 0 Å². The summed E-state index contributed by atoms with van der Waals surface area (Å²) in [5.41, 5.74) is 7.18. The Morgan fingerprint density at radius 2 is 2.00 bits per heavy atom. The average Bonchev–Trinajstić information content (AvgIpc) is 2.89. The van der Waals surface area contributed by atoms with E-state index < -0.39 is 8.32 Å². The summed E-state index contributed by atoms with van der Waals surface area (Å²) < 4.78 is 14.3. The van der Waals surface area contributed by atoms with Crippen LogP contribution in [0.4, 0.5) is 5.82 Å². The van der Waals surface area contributed by atoms with Gasteiger partial charge >= 0.3 is 0 Å². The molecule has 2 aromatic rings. The first-order chi connectivity index (χ1) is 11.1. The quantitative estimate of drug-likeness (QED) is 0.854. The van der Waals surface area contributed by atoms with Crippen LogP contribution in [0.3, 0.4) is 0 Å². The third-order valence-electron chi connectivity index (χ3n) is 5.43. The number of fused-ring (bicyclic) bond motifs is 1. The van der Waals surface area contributed by atoms with Crippen LogP contribution in [0, 0.1) is 5.92 Å². The van der Waals surface area contributed by atoms with Crippen molar-refractivity contribution in [3.8, 4) is 0 Å². The maximum absolute atomic E-state index is 6.28. The summed E-state index contributed by atoms with van der Waals surface area (Å²) in [5, 5.41) is 0.203. The molecular formula is C16H27N5O2Si. The zero-order valence-electron chi connectivity index (χ0n) is 15.3. The monoisotopic (exact) mass is 349 g/mol. The van der Waals surface area contributed by atoms with Crippen molar-refractivity contribution in [3.05, 3.63) is 12.7 Å². The van der Waals surface area contributed by atoms with Gasteiger partial charge in [-0.15, -0.1) is 0 Å². The molecule has 0 unspecified atom stereocenters. The fraction of sp³-hybridized carbons (Fsp3) is 0.688. The SMILES string of the molecule is C[C@@H]1[C@H](n2cnc3c(N)ncnc32)O[C@@H]1CO[Si](C)(C)C(C)(C)C. The van der Waals surface area contributed by atoms with Crippen molar-refractivity contribution in [1.82, 2.24) is 19.5 Å². The van der Waals surface area contributed by atoms with Crippen LogP contribution in [0.15, 0.2) is 12.7 Å². The van der Waals surface area contributed by atoms with Gasteiger partial charge in [0.25, 0.3) is 0 Å². The largest absolute Gasteiger partial charge is 0.414 e. The summed E-state index contributed by atoms with van der Waals surface area (Å²) in [7, 11) is -1.76. The predicted molar refractivity (Wildman–Crippen MR) is 96.0 cm³/mol. The topological polar surface area (TPSA) is 88.1 Å². The van der Waals surface area contributed by atoms with Crippen molar-refractivity contribution in [1.29, 1.82) is 0 Å². The summed E-state index contributed by atoms with van der Waals surface area (Å²) in [6.07, 6.45) is 3.19. The van der Waals surface area contributed by atoms with Gasteiger partial charge in [-0.3, -0.25) is 4.57 Å². The maximum Gasteiger partial charge on any atom is 0.192 e. The highest BCUT2D eigenvalue weighted by Gasteiger charge is 2.44. The number of nitrogens with two attached hydrogens (primary N) is 1. The molecule has 0 spiro atoms. The lowest BCUT2D eigenvalue weighted by Gasteiger charge is -2.45. The Labute approximate surface area is 143 Å². The summed E-state index contributed by atoms with van der Waals surface area (Å²) in [5.74, 6) is 0.715. The molecule has 0 saturated carbocycles. The fourth-order valence-corrected chi connectivity index (χ4v) is 3.61. The van der Waals surface area contributed by atoms with Gasteiger partial charge in [-0.2, -0.15) is 0 Å². The second-order valence-electron chi connectivity index (χ2n) is 8.08. The van der Waals surface area contributed by atoms with Gasteiger partial charge in [0, 0.05) is 5.92 Å². The number of nitrogens with zero attached hydrogens (tertiary/aromatic N) is 4. The first-order valence-corrected chi connectivity index (χ1v) is 11.2. The van der Waals surface area contributed by atoms with Crippen molar-refractivity contribution < 1.29 is 9.16 Å². The lowest BCUT2D eigenvalue weighted by atomic mass is 9.97. The molecule has 1 aliphatic heterocycles. The van der Waals surface area contributed by atoms with Crippen LogP contribution < -0.4 is 5.73 Å². The number of anilines is 1. The van der Waals surface area contributed by atoms with E-state index in [9.17, 15) is 0 Å². The number of imidazole rings is 1. The highest BCUT2D eigenvalue weighted by atomic mass is 28.4. The Bertz CT molecular complexity index is 740. The minimum atomic E-state index is -1.76. The number of aromatic nitrogens is 4. The summed E-state index contributed by atoms with van der Waals surface area (Å²) >= 11 is 0. The van der Waals surface area contributed by atoms with Crippen molar-refractivity contribution >= 4 is 25.3 Å². The number of hydrogen-bond donors (Lipinski definition) is 1. The van der Waals surface area contributed by atoms with Gasteiger partial charge in [0.05, 0.1) is 19.0 Å². The van der Waals surface area contributed by atoms with E-state index in [0.717, 1.165) is 0 Å². The third-order valence-corrected chi connectivity index (χ3v) is 9.93. The minimum Gasteiger partial charge on any atom is -0.414 e. The third kappa shape index (κ3) is 2.82. The van der Waals surface area contributed by atoms with Crippen molar-refractivity contribution in [3.63, 3.8) is 0 Å². The Kier molecular flexibility index (Phi) is 4.17. The van der Waals surface area contributed by atoms with Gasteiger partial charge in [0.1, 0.15) is 18.1 Å². The smallest absolute Gasteiger partial charge is 0.192 e. The molecular weight excluding hydrogens is 322 g/mol. The lowest BCUT2D eigenvalue weighted by Crippen LogP contribution is -2.50. The van der Waals surface area contributed by atoms with Crippen molar-refractivity contribution in [2.45, 2.75) is 58.2 Å².